The van der Waals surface area contributed by atoms with Crippen LogP contribution in [-0.4, -0.2) is 23.0 Å². The molecule has 2 aromatic rings. The fourth-order valence-corrected chi connectivity index (χ4v) is 1.73. The fourth-order valence-electron chi connectivity index (χ4n) is 1.47. The summed E-state index contributed by atoms with van der Waals surface area (Å²) in [6.07, 6.45) is 2.96. The smallest absolute Gasteiger partial charge is 0.344 e. The zero-order valence-electron chi connectivity index (χ0n) is 9.44. The molecule has 0 saturated heterocycles. The number of benzene rings is 1. The maximum atomic E-state index is 11.4. The lowest BCUT2D eigenvalue weighted by atomic mass is 10.1. The molecule has 1 N–H and O–H groups in total. The highest BCUT2D eigenvalue weighted by atomic mass is 35.5. The van der Waals surface area contributed by atoms with Crippen molar-refractivity contribution in [2.24, 2.45) is 0 Å². The third-order valence-electron chi connectivity index (χ3n) is 2.38. The van der Waals surface area contributed by atoms with Crippen molar-refractivity contribution < 1.29 is 9.53 Å². The number of nitrogens with one attached hydrogen (secondary N) is 1. The quantitative estimate of drug-likeness (QED) is 0.841. The van der Waals surface area contributed by atoms with Crippen molar-refractivity contribution in [1.82, 2.24) is 9.97 Å². The molecule has 18 heavy (non-hydrogen) atoms. The molecule has 0 unspecified atom stereocenters. The Bertz CT molecular complexity index is 632. The van der Waals surface area contributed by atoms with Gasteiger partial charge in [0.2, 0.25) is 0 Å². The van der Waals surface area contributed by atoms with Gasteiger partial charge in [0, 0.05) is 18.0 Å². The summed E-state index contributed by atoms with van der Waals surface area (Å²) in [7, 11) is 1.29. The van der Waals surface area contributed by atoms with Gasteiger partial charge in [-0.05, 0) is 17.7 Å². The highest BCUT2D eigenvalue weighted by Gasteiger charge is 2.11. The van der Waals surface area contributed by atoms with E-state index >= 15 is 0 Å². The van der Waals surface area contributed by atoms with Gasteiger partial charge in [-0.3, -0.25) is 0 Å². The number of esters is 1. The Kier molecular flexibility index (Phi) is 3.43. The summed E-state index contributed by atoms with van der Waals surface area (Å²) in [6, 6.07) is 4.88. The molecule has 0 atom stereocenters. The molecule has 0 bridgehead atoms. The number of carbonyl (C=O) groups is 1. The van der Waals surface area contributed by atoms with E-state index in [1.165, 1.54) is 19.5 Å². The largest absolute Gasteiger partial charge is 0.465 e. The van der Waals surface area contributed by atoms with Crippen LogP contribution in [0.1, 0.15) is 10.4 Å². The highest BCUT2D eigenvalue weighted by molar-refractivity contribution is 6.33. The van der Waals surface area contributed by atoms with E-state index in [2.05, 4.69) is 14.7 Å². The minimum atomic E-state index is -0.494. The molecule has 0 aliphatic carbocycles. The van der Waals surface area contributed by atoms with Crippen LogP contribution in [0.25, 0.3) is 11.1 Å². The Labute approximate surface area is 107 Å². The number of hydrogen-bond donors (Lipinski definition) is 1. The first-order valence-electron chi connectivity index (χ1n) is 5.05. The van der Waals surface area contributed by atoms with Crippen LogP contribution in [0.4, 0.5) is 0 Å². The topological polar surface area (TPSA) is 72.0 Å². The van der Waals surface area contributed by atoms with Crippen molar-refractivity contribution in [3.63, 3.8) is 0 Å². The lowest BCUT2D eigenvalue weighted by molar-refractivity contribution is 0.0601. The van der Waals surface area contributed by atoms with Gasteiger partial charge in [-0.2, -0.15) is 0 Å². The molecule has 2 rings (SSSR count). The molecule has 0 aliphatic rings. The van der Waals surface area contributed by atoms with Crippen molar-refractivity contribution >= 4 is 17.6 Å². The van der Waals surface area contributed by atoms with Crippen molar-refractivity contribution in [3.05, 3.63) is 51.7 Å². The molecule has 0 saturated carbocycles. The lowest BCUT2D eigenvalue weighted by Crippen LogP contribution is -2.08. The average molecular weight is 265 g/mol. The van der Waals surface area contributed by atoms with E-state index in [9.17, 15) is 9.59 Å². The fraction of sp³-hybridized carbons (Fsp3) is 0.0833. The van der Waals surface area contributed by atoms with E-state index in [0.29, 0.717) is 11.1 Å². The second-order valence-corrected chi connectivity index (χ2v) is 3.90. The Morgan fingerprint density at radius 1 is 1.39 bits per heavy atom. The standard InChI is InChI=1S/C12H9ClN2O3/c1-18-11(16)9-3-2-7(4-10(9)13)8-5-14-12(17)15-6-8/h2-6H,1H3,(H,14,15,17). The monoisotopic (exact) mass is 264 g/mol. The van der Waals surface area contributed by atoms with E-state index < -0.39 is 11.7 Å². The lowest BCUT2D eigenvalue weighted by Gasteiger charge is -2.05. The summed E-state index contributed by atoms with van der Waals surface area (Å²) in [5.74, 6) is -0.494. The number of nitrogens with zero attached hydrogens (tertiary/aromatic N) is 1. The number of halogens is 1. The highest BCUT2D eigenvalue weighted by Crippen LogP contribution is 2.24. The third kappa shape index (κ3) is 2.41. The molecule has 0 amide bonds. The molecular weight excluding hydrogens is 256 g/mol. The van der Waals surface area contributed by atoms with Gasteiger partial charge in [0.15, 0.2) is 0 Å². The molecule has 92 valence electrons. The van der Waals surface area contributed by atoms with Gasteiger partial charge in [-0.25, -0.2) is 14.6 Å². The summed E-state index contributed by atoms with van der Waals surface area (Å²) >= 11 is 5.99. The molecule has 0 aliphatic heterocycles. The van der Waals surface area contributed by atoms with Crippen molar-refractivity contribution in [3.8, 4) is 11.1 Å². The van der Waals surface area contributed by atoms with Gasteiger partial charge in [-0.1, -0.05) is 17.7 Å². The van der Waals surface area contributed by atoms with E-state index in [1.807, 2.05) is 0 Å². The molecule has 1 heterocycles. The minimum Gasteiger partial charge on any atom is -0.465 e. The Balaban J connectivity index is 2.43. The first-order chi connectivity index (χ1) is 8.61. The van der Waals surface area contributed by atoms with Crippen molar-refractivity contribution in [2.75, 3.05) is 7.11 Å². The van der Waals surface area contributed by atoms with Gasteiger partial charge >= 0.3 is 11.7 Å². The van der Waals surface area contributed by atoms with Crippen molar-refractivity contribution in [1.29, 1.82) is 0 Å². The number of methoxy groups -OCH3 is 1. The zero-order valence-corrected chi connectivity index (χ0v) is 10.2. The number of H-pyrrole nitrogens is 1. The number of rotatable bonds is 2. The second kappa shape index (κ2) is 5.01. The molecule has 6 heteroatoms. The van der Waals surface area contributed by atoms with Crippen LogP contribution in [0, 0.1) is 0 Å². The molecular formula is C12H9ClN2O3. The SMILES string of the molecule is COC(=O)c1ccc(-c2cnc(=O)[nH]c2)cc1Cl. The minimum absolute atomic E-state index is 0.283. The van der Waals surface area contributed by atoms with Gasteiger partial charge in [0.1, 0.15) is 0 Å². The van der Waals surface area contributed by atoms with Gasteiger partial charge in [-0.15, -0.1) is 0 Å². The predicted octanol–water partition coefficient (Wildman–Crippen LogP) is 1.88. The average Bonchev–Trinajstić information content (AvgIpc) is 2.38. The van der Waals surface area contributed by atoms with Gasteiger partial charge in [0.25, 0.3) is 0 Å². The first-order valence-corrected chi connectivity index (χ1v) is 5.42. The number of aromatic nitrogens is 2. The predicted molar refractivity (Wildman–Crippen MR) is 66.6 cm³/mol. The maximum absolute atomic E-state index is 11.4. The van der Waals surface area contributed by atoms with Crippen LogP contribution in [0.3, 0.4) is 0 Å². The summed E-state index contributed by atoms with van der Waals surface area (Å²) < 4.78 is 4.60. The Hall–Kier alpha value is -2.14. The number of aromatic amines is 1. The summed E-state index contributed by atoms with van der Waals surface area (Å²) in [5, 5.41) is 0.283. The normalized spacial score (nSPS) is 10.1. The molecule has 0 fully saturated rings. The van der Waals surface area contributed by atoms with Crippen LogP contribution in [0.5, 0.6) is 0 Å². The zero-order chi connectivity index (χ0) is 13.1. The van der Waals surface area contributed by atoms with E-state index in [1.54, 1.807) is 18.2 Å². The van der Waals surface area contributed by atoms with Crippen LogP contribution in [0.15, 0.2) is 35.4 Å². The molecule has 0 spiro atoms. The number of ether oxygens (including phenoxy) is 1. The number of hydrogen-bond acceptors (Lipinski definition) is 4. The van der Waals surface area contributed by atoms with Gasteiger partial charge < -0.3 is 9.72 Å². The maximum Gasteiger partial charge on any atom is 0.344 e. The Morgan fingerprint density at radius 2 is 2.17 bits per heavy atom. The van der Waals surface area contributed by atoms with Crippen LogP contribution in [0.2, 0.25) is 5.02 Å². The summed E-state index contributed by atoms with van der Waals surface area (Å²) in [5.41, 5.74) is 1.32. The van der Waals surface area contributed by atoms with Gasteiger partial charge in [0.05, 0.1) is 17.7 Å². The summed E-state index contributed by atoms with van der Waals surface area (Å²) in [6.45, 7) is 0. The van der Waals surface area contributed by atoms with E-state index in [4.69, 9.17) is 11.6 Å². The first kappa shape index (κ1) is 12.3. The van der Waals surface area contributed by atoms with E-state index in [-0.39, 0.29) is 5.02 Å². The molecule has 1 aromatic carbocycles. The van der Waals surface area contributed by atoms with Crippen LogP contribution < -0.4 is 5.69 Å². The molecule has 5 nitrogen and oxygen atoms in total. The van der Waals surface area contributed by atoms with Crippen molar-refractivity contribution in [2.45, 2.75) is 0 Å². The Morgan fingerprint density at radius 3 is 2.72 bits per heavy atom. The van der Waals surface area contributed by atoms with E-state index in [0.717, 1.165) is 5.56 Å². The third-order valence-corrected chi connectivity index (χ3v) is 2.69. The number of carbonyl (C=O) groups excluding carboxylic acids is 1. The molecule has 1 aromatic heterocycles. The van der Waals surface area contributed by atoms with Crippen LogP contribution >= 0.6 is 11.6 Å². The second-order valence-electron chi connectivity index (χ2n) is 3.49. The van der Waals surface area contributed by atoms with Crippen LogP contribution in [-0.2, 0) is 4.74 Å². The molecule has 0 radical (unpaired) electrons. The summed E-state index contributed by atoms with van der Waals surface area (Å²) in [4.78, 5) is 28.3.